The molecule has 6 nitrogen and oxygen atoms in total. The first kappa shape index (κ1) is 16.0. The molecule has 0 fully saturated rings. The second-order valence-corrected chi connectivity index (χ2v) is 4.48. The number of hydrazine groups is 1. The van der Waals surface area contributed by atoms with Crippen molar-refractivity contribution in [2.24, 2.45) is 4.99 Å². The van der Waals surface area contributed by atoms with Crippen molar-refractivity contribution < 1.29 is 14.7 Å². The number of nitrogens with zero attached hydrogens (tertiary/aromatic N) is 1. The molecule has 20 heavy (non-hydrogen) atoms. The highest BCUT2D eigenvalue weighted by Crippen LogP contribution is 2.12. The maximum Gasteiger partial charge on any atom is 0.303 e. The zero-order valence-electron chi connectivity index (χ0n) is 11.0. The lowest BCUT2D eigenvalue weighted by molar-refractivity contribution is -0.137. The van der Waals surface area contributed by atoms with Crippen molar-refractivity contribution in [3.8, 4) is 0 Å². The normalized spacial score (nSPS) is 11.0. The molecular weight excluding hydrogens is 282 g/mol. The van der Waals surface area contributed by atoms with Gasteiger partial charge in [-0.1, -0.05) is 11.6 Å². The summed E-state index contributed by atoms with van der Waals surface area (Å²) >= 11 is 5.76. The maximum absolute atomic E-state index is 11.4. The van der Waals surface area contributed by atoms with Gasteiger partial charge in [-0.15, -0.1) is 0 Å². The van der Waals surface area contributed by atoms with E-state index in [0.29, 0.717) is 11.4 Å². The van der Waals surface area contributed by atoms with Gasteiger partial charge in [-0.05, 0) is 30.7 Å². The number of carboxylic acid groups (broad SMARTS) is 1. The smallest absolute Gasteiger partial charge is 0.303 e. The van der Waals surface area contributed by atoms with Crippen LogP contribution in [0.5, 0.6) is 0 Å². The topological polar surface area (TPSA) is 90.8 Å². The van der Waals surface area contributed by atoms with E-state index in [9.17, 15) is 9.59 Å². The van der Waals surface area contributed by atoms with Gasteiger partial charge in [-0.3, -0.25) is 25.4 Å². The van der Waals surface area contributed by atoms with Crippen LogP contribution in [0.3, 0.4) is 0 Å². The van der Waals surface area contributed by atoms with Crippen molar-refractivity contribution in [3.05, 3.63) is 29.3 Å². The molecular formula is C13H16ClN3O3. The predicted octanol–water partition coefficient (Wildman–Crippen LogP) is 2.11. The van der Waals surface area contributed by atoms with Crippen LogP contribution in [0, 0.1) is 0 Å². The van der Waals surface area contributed by atoms with Crippen LogP contribution in [0.2, 0.25) is 5.02 Å². The van der Waals surface area contributed by atoms with Crippen molar-refractivity contribution in [1.29, 1.82) is 0 Å². The van der Waals surface area contributed by atoms with Crippen molar-refractivity contribution >= 4 is 34.9 Å². The average Bonchev–Trinajstić information content (AvgIpc) is 2.39. The number of aliphatic imine (C=N–C) groups is 1. The van der Waals surface area contributed by atoms with E-state index in [2.05, 4.69) is 15.8 Å². The van der Waals surface area contributed by atoms with Gasteiger partial charge < -0.3 is 5.11 Å². The molecule has 0 heterocycles. The number of benzene rings is 1. The Morgan fingerprint density at radius 2 is 1.95 bits per heavy atom. The molecule has 108 valence electrons. The minimum Gasteiger partial charge on any atom is -0.481 e. The van der Waals surface area contributed by atoms with Crippen LogP contribution in [0.1, 0.15) is 19.8 Å². The van der Waals surface area contributed by atoms with E-state index in [1.54, 1.807) is 24.3 Å². The van der Waals surface area contributed by atoms with Crippen molar-refractivity contribution in [1.82, 2.24) is 5.43 Å². The van der Waals surface area contributed by atoms with Crippen LogP contribution in [0.4, 0.5) is 5.69 Å². The summed E-state index contributed by atoms with van der Waals surface area (Å²) in [6, 6.07) is 6.92. The third kappa shape index (κ3) is 6.19. The standard InChI is InChI=1S/C13H16ClN3O3/c1-9(18)13(15-8-2-3-12(19)20)17-16-11-6-4-10(14)5-7-11/h4-7,16H,2-3,8H2,1H3,(H,15,17)(H,19,20). The van der Waals surface area contributed by atoms with Crippen LogP contribution in [0.25, 0.3) is 0 Å². The predicted molar refractivity (Wildman–Crippen MR) is 78.1 cm³/mol. The van der Waals surface area contributed by atoms with Gasteiger partial charge in [0.15, 0.2) is 11.6 Å². The number of carbonyl (C=O) groups excluding carboxylic acids is 1. The third-order valence-corrected chi connectivity index (χ3v) is 2.57. The highest BCUT2D eigenvalue weighted by Gasteiger charge is 2.05. The molecule has 0 aliphatic heterocycles. The van der Waals surface area contributed by atoms with E-state index in [0.717, 1.165) is 5.69 Å². The number of Topliss-reactive ketones (excluding diaryl/α,β-unsaturated/α-hetero) is 1. The second kappa shape index (κ2) is 8.16. The number of nitrogens with one attached hydrogen (secondary N) is 2. The van der Waals surface area contributed by atoms with Gasteiger partial charge in [-0.2, -0.15) is 0 Å². The molecule has 0 aliphatic carbocycles. The van der Waals surface area contributed by atoms with Crippen molar-refractivity contribution in [2.75, 3.05) is 12.0 Å². The largest absolute Gasteiger partial charge is 0.481 e. The number of halogens is 1. The van der Waals surface area contributed by atoms with Gasteiger partial charge in [0, 0.05) is 24.9 Å². The summed E-state index contributed by atoms with van der Waals surface area (Å²) in [4.78, 5) is 25.8. The van der Waals surface area contributed by atoms with E-state index in [4.69, 9.17) is 16.7 Å². The number of rotatable bonds is 7. The lowest BCUT2D eigenvalue weighted by atomic mass is 10.3. The molecule has 0 amide bonds. The molecule has 1 aromatic rings. The van der Waals surface area contributed by atoms with Gasteiger partial charge in [0.25, 0.3) is 0 Å². The van der Waals surface area contributed by atoms with E-state index in [-0.39, 0.29) is 24.6 Å². The number of hydrogen-bond donors (Lipinski definition) is 3. The number of hydrogen-bond acceptors (Lipinski definition) is 4. The molecule has 0 radical (unpaired) electrons. The summed E-state index contributed by atoms with van der Waals surface area (Å²) < 4.78 is 0. The second-order valence-electron chi connectivity index (χ2n) is 4.04. The van der Waals surface area contributed by atoms with Crippen LogP contribution in [0.15, 0.2) is 29.3 Å². The molecule has 3 N–H and O–H groups in total. The van der Waals surface area contributed by atoms with E-state index >= 15 is 0 Å². The molecule has 1 rings (SSSR count). The summed E-state index contributed by atoms with van der Waals surface area (Å²) in [5.41, 5.74) is 6.26. The lowest BCUT2D eigenvalue weighted by Gasteiger charge is -2.10. The molecule has 0 aliphatic rings. The number of amidine groups is 1. The highest BCUT2D eigenvalue weighted by atomic mass is 35.5. The first-order valence-corrected chi connectivity index (χ1v) is 6.41. The van der Waals surface area contributed by atoms with Gasteiger partial charge in [0.05, 0.1) is 5.69 Å². The fourth-order valence-corrected chi connectivity index (χ4v) is 1.45. The summed E-state index contributed by atoms with van der Waals surface area (Å²) in [5, 5.41) is 9.12. The van der Waals surface area contributed by atoms with Gasteiger partial charge in [-0.25, -0.2) is 0 Å². The molecule has 7 heteroatoms. The van der Waals surface area contributed by atoms with E-state index in [1.165, 1.54) is 6.92 Å². The number of carbonyl (C=O) groups is 2. The number of carboxylic acids is 1. The van der Waals surface area contributed by atoms with Crippen molar-refractivity contribution in [3.63, 3.8) is 0 Å². The molecule has 0 saturated heterocycles. The first-order chi connectivity index (χ1) is 9.49. The van der Waals surface area contributed by atoms with Crippen LogP contribution in [-0.2, 0) is 9.59 Å². The minimum atomic E-state index is -0.878. The minimum absolute atomic E-state index is 0.0271. The fraction of sp³-hybridized carbons (Fsp3) is 0.308. The zero-order valence-corrected chi connectivity index (χ0v) is 11.8. The lowest BCUT2D eigenvalue weighted by Crippen LogP contribution is -2.34. The summed E-state index contributed by atoms with van der Waals surface area (Å²) in [7, 11) is 0. The van der Waals surface area contributed by atoms with E-state index in [1.807, 2.05) is 0 Å². The summed E-state index contributed by atoms with van der Waals surface area (Å²) in [6.45, 7) is 1.66. The number of aliphatic carboxylic acids is 1. The average molecular weight is 298 g/mol. The van der Waals surface area contributed by atoms with Crippen LogP contribution < -0.4 is 10.9 Å². The molecule has 0 aromatic heterocycles. The van der Waals surface area contributed by atoms with Crippen LogP contribution >= 0.6 is 11.6 Å². The number of anilines is 1. The highest BCUT2D eigenvalue weighted by molar-refractivity contribution is 6.38. The molecule has 1 aromatic carbocycles. The summed E-state index contributed by atoms with van der Waals surface area (Å²) in [5.74, 6) is -0.955. The Hall–Kier alpha value is -2.08. The summed E-state index contributed by atoms with van der Waals surface area (Å²) in [6.07, 6.45) is 0.411. The Morgan fingerprint density at radius 3 is 2.50 bits per heavy atom. The molecule has 0 spiro atoms. The number of ketones is 1. The van der Waals surface area contributed by atoms with Crippen molar-refractivity contribution in [2.45, 2.75) is 19.8 Å². The molecule has 0 atom stereocenters. The van der Waals surface area contributed by atoms with Crippen LogP contribution in [-0.4, -0.2) is 29.2 Å². The monoisotopic (exact) mass is 297 g/mol. The van der Waals surface area contributed by atoms with Gasteiger partial charge >= 0.3 is 5.97 Å². The quantitative estimate of drug-likeness (QED) is 0.310. The Balaban J connectivity index is 2.50. The third-order valence-electron chi connectivity index (χ3n) is 2.32. The van der Waals surface area contributed by atoms with Gasteiger partial charge in [0.1, 0.15) is 0 Å². The Bertz CT molecular complexity index is 500. The Labute approximate surface area is 121 Å². The Morgan fingerprint density at radius 1 is 1.30 bits per heavy atom. The van der Waals surface area contributed by atoms with Gasteiger partial charge in [0.2, 0.25) is 0 Å². The molecule has 0 bridgehead atoms. The molecule has 0 unspecified atom stereocenters. The van der Waals surface area contributed by atoms with E-state index < -0.39 is 5.97 Å². The molecule has 0 saturated carbocycles. The first-order valence-electron chi connectivity index (χ1n) is 6.04. The maximum atomic E-state index is 11.4. The fourth-order valence-electron chi connectivity index (χ4n) is 1.32. The Kier molecular flexibility index (Phi) is 6.52. The zero-order chi connectivity index (χ0) is 15.0. The SMILES string of the molecule is CC(=O)C(=NCCCC(=O)O)NNc1ccc(Cl)cc1.